The number of hydrogen-bond acceptors (Lipinski definition) is 4. The molecule has 0 bridgehead atoms. The lowest BCUT2D eigenvalue weighted by molar-refractivity contribution is -0.140. The second-order valence-corrected chi connectivity index (χ2v) is 9.48. The Hall–Kier alpha value is -2.83. The highest BCUT2D eigenvalue weighted by Crippen LogP contribution is 2.33. The fourth-order valence-electron chi connectivity index (χ4n) is 4.51. The largest absolute Gasteiger partial charge is 0.462 e. The summed E-state index contributed by atoms with van der Waals surface area (Å²) in [5.41, 5.74) is 2.44. The number of nitrogens with one attached hydrogen (secondary N) is 2. The van der Waals surface area contributed by atoms with Crippen molar-refractivity contribution < 1.29 is 19.1 Å². The summed E-state index contributed by atoms with van der Waals surface area (Å²) in [6.45, 7) is 8.57. The second kappa shape index (κ2) is 11.3. The van der Waals surface area contributed by atoms with Crippen LogP contribution in [0.1, 0.15) is 77.8 Å². The molecule has 2 N–H and O–H groups in total. The first kappa shape index (κ1) is 24.8. The second-order valence-electron chi connectivity index (χ2n) is 9.48. The van der Waals surface area contributed by atoms with E-state index in [1.54, 1.807) is 11.8 Å². The first-order valence-corrected chi connectivity index (χ1v) is 12.2. The van der Waals surface area contributed by atoms with Crippen LogP contribution in [0, 0.1) is 11.8 Å². The molecule has 0 saturated heterocycles. The van der Waals surface area contributed by atoms with Gasteiger partial charge in [0.05, 0.1) is 18.2 Å². The molecular weight excluding hydrogens is 418 g/mol. The molecule has 33 heavy (non-hydrogen) atoms. The number of nitrogens with zero attached hydrogens (tertiary/aromatic N) is 1. The zero-order valence-electron chi connectivity index (χ0n) is 20.3. The molecule has 1 fully saturated rings. The molecular formula is C26H37N3O4. The normalized spacial score (nSPS) is 19.5. The molecule has 3 rings (SSSR count). The van der Waals surface area contributed by atoms with Crippen LogP contribution >= 0.6 is 0 Å². The average Bonchev–Trinajstić information content (AvgIpc) is 2.80. The molecule has 1 saturated carbocycles. The summed E-state index contributed by atoms with van der Waals surface area (Å²) < 4.78 is 5.56. The van der Waals surface area contributed by atoms with Crippen LogP contribution in [0.25, 0.3) is 0 Å². The van der Waals surface area contributed by atoms with Crippen LogP contribution < -0.4 is 10.6 Å². The summed E-state index contributed by atoms with van der Waals surface area (Å²) in [6.07, 6.45) is 5.98. The lowest BCUT2D eigenvalue weighted by Crippen LogP contribution is -2.48. The Morgan fingerprint density at radius 3 is 2.61 bits per heavy atom. The molecule has 2 aliphatic rings. The van der Waals surface area contributed by atoms with Crippen molar-refractivity contribution in [2.75, 3.05) is 18.5 Å². The highest BCUT2D eigenvalue weighted by molar-refractivity contribution is 5.95. The Bertz CT molecular complexity index is 903. The first-order chi connectivity index (χ1) is 15.8. The molecule has 1 aliphatic carbocycles. The summed E-state index contributed by atoms with van der Waals surface area (Å²) in [5, 5.41) is 6.01. The minimum atomic E-state index is -0.642. The van der Waals surface area contributed by atoms with Crippen molar-refractivity contribution in [3.63, 3.8) is 0 Å². The first-order valence-electron chi connectivity index (χ1n) is 12.2. The molecule has 1 unspecified atom stereocenters. The van der Waals surface area contributed by atoms with Crippen molar-refractivity contribution in [2.45, 2.75) is 72.3 Å². The third kappa shape index (κ3) is 6.15. The van der Waals surface area contributed by atoms with Crippen LogP contribution in [0.5, 0.6) is 0 Å². The molecule has 180 valence electrons. The van der Waals surface area contributed by atoms with E-state index in [0.29, 0.717) is 30.1 Å². The molecule has 0 aromatic heterocycles. The fourth-order valence-corrected chi connectivity index (χ4v) is 4.51. The number of amides is 3. The lowest BCUT2D eigenvalue weighted by atomic mass is 9.88. The van der Waals surface area contributed by atoms with Gasteiger partial charge in [-0.1, -0.05) is 52.2 Å². The fraction of sp³-hybridized carbons (Fsp3) is 0.577. The van der Waals surface area contributed by atoms with E-state index in [1.165, 1.54) is 6.42 Å². The Morgan fingerprint density at radius 2 is 1.94 bits per heavy atom. The summed E-state index contributed by atoms with van der Waals surface area (Å²) in [7, 11) is 0. The summed E-state index contributed by atoms with van der Waals surface area (Å²) in [6, 6.07) is 6.49. The molecule has 3 amide bonds. The molecule has 7 heteroatoms. The van der Waals surface area contributed by atoms with E-state index >= 15 is 0 Å². The maximum Gasteiger partial charge on any atom is 0.338 e. The molecule has 1 aliphatic heterocycles. The topological polar surface area (TPSA) is 87.7 Å². The third-order valence-electron chi connectivity index (χ3n) is 6.27. The minimum Gasteiger partial charge on any atom is -0.462 e. The zero-order valence-corrected chi connectivity index (χ0v) is 20.3. The quantitative estimate of drug-likeness (QED) is 0.530. The van der Waals surface area contributed by atoms with E-state index < -0.39 is 12.0 Å². The number of esters is 1. The van der Waals surface area contributed by atoms with Crippen LogP contribution in [-0.4, -0.2) is 36.0 Å². The number of carbonyl (C=O) groups is 3. The van der Waals surface area contributed by atoms with E-state index in [0.717, 1.165) is 37.7 Å². The molecule has 1 heterocycles. The number of hydrogen-bond donors (Lipinski definition) is 2. The molecule has 7 nitrogen and oxygen atoms in total. The van der Waals surface area contributed by atoms with E-state index in [-0.39, 0.29) is 23.8 Å². The van der Waals surface area contributed by atoms with Crippen LogP contribution in [0.3, 0.4) is 0 Å². The van der Waals surface area contributed by atoms with Gasteiger partial charge >= 0.3 is 12.0 Å². The van der Waals surface area contributed by atoms with Crippen LogP contribution in [0.15, 0.2) is 35.5 Å². The molecule has 0 radical (unpaired) electrons. The van der Waals surface area contributed by atoms with Crippen molar-refractivity contribution >= 4 is 23.6 Å². The van der Waals surface area contributed by atoms with Crippen LogP contribution in [-0.2, 0) is 14.3 Å². The van der Waals surface area contributed by atoms with E-state index in [9.17, 15) is 14.4 Å². The van der Waals surface area contributed by atoms with Gasteiger partial charge in [0.15, 0.2) is 0 Å². The smallest absolute Gasteiger partial charge is 0.338 e. The monoisotopic (exact) mass is 455 g/mol. The number of carbonyl (C=O) groups excluding carboxylic acids is 3. The van der Waals surface area contributed by atoms with Crippen LogP contribution in [0.4, 0.5) is 10.5 Å². The number of rotatable bonds is 8. The van der Waals surface area contributed by atoms with Crippen molar-refractivity contribution in [3.8, 4) is 0 Å². The number of benzene rings is 1. The minimum absolute atomic E-state index is 0.0388. The zero-order chi connectivity index (χ0) is 24.0. The van der Waals surface area contributed by atoms with Gasteiger partial charge < -0.3 is 15.4 Å². The average molecular weight is 456 g/mol. The Labute approximate surface area is 196 Å². The van der Waals surface area contributed by atoms with Crippen molar-refractivity contribution in [1.82, 2.24) is 10.2 Å². The number of urea groups is 1. The molecule has 0 spiro atoms. The lowest BCUT2D eigenvalue weighted by Gasteiger charge is -2.35. The van der Waals surface area contributed by atoms with Gasteiger partial charge in [0, 0.05) is 23.8 Å². The van der Waals surface area contributed by atoms with Gasteiger partial charge in [0.2, 0.25) is 5.91 Å². The SMILES string of the molecule is CCCN1C(=O)NC(c2cccc(NC(=O)C3CCCCC3)c2)C(C(=O)OCC(C)C)=C1C. The predicted molar refractivity (Wildman–Crippen MR) is 128 cm³/mol. The van der Waals surface area contributed by atoms with Gasteiger partial charge in [-0.3, -0.25) is 9.69 Å². The Kier molecular flexibility index (Phi) is 8.53. The predicted octanol–water partition coefficient (Wildman–Crippen LogP) is 5.15. The van der Waals surface area contributed by atoms with Gasteiger partial charge in [-0.05, 0) is 49.8 Å². The van der Waals surface area contributed by atoms with Crippen LogP contribution in [0.2, 0.25) is 0 Å². The summed E-state index contributed by atoms with van der Waals surface area (Å²) >= 11 is 0. The van der Waals surface area contributed by atoms with Gasteiger partial charge in [-0.25, -0.2) is 9.59 Å². The third-order valence-corrected chi connectivity index (χ3v) is 6.27. The molecule has 1 aromatic rings. The van der Waals surface area contributed by atoms with Crippen molar-refractivity contribution in [1.29, 1.82) is 0 Å². The van der Waals surface area contributed by atoms with Crippen molar-refractivity contribution in [3.05, 3.63) is 41.1 Å². The summed E-state index contributed by atoms with van der Waals surface area (Å²) in [4.78, 5) is 40.3. The molecule has 1 aromatic carbocycles. The maximum atomic E-state index is 13.1. The van der Waals surface area contributed by atoms with Gasteiger partial charge in [0.25, 0.3) is 0 Å². The number of ether oxygens (including phenoxy) is 1. The van der Waals surface area contributed by atoms with Crippen molar-refractivity contribution in [2.24, 2.45) is 11.8 Å². The van der Waals surface area contributed by atoms with Gasteiger partial charge in [0.1, 0.15) is 0 Å². The van der Waals surface area contributed by atoms with E-state index in [1.807, 2.05) is 45.0 Å². The standard InChI is InChI=1S/C26H37N3O4/c1-5-14-29-18(4)22(25(31)33-16-17(2)3)23(28-26(29)32)20-12-9-13-21(15-20)27-24(30)19-10-7-6-8-11-19/h9,12-13,15,17,19,23H,5-8,10-11,14,16H2,1-4H3,(H,27,30)(H,28,32). The number of allylic oxidation sites excluding steroid dienone is 1. The Morgan fingerprint density at radius 1 is 1.21 bits per heavy atom. The summed E-state index contributed by atoms with van der Waals surface area (Å²) in [5.74, 6) is -0.138. The van der Waals surface area contributed by atoms with Gasteiger partial charge in [-0.15, -0.1) is 0 Å². The van der Waals surface area contributed by atoms with E-state index in [4.69, 9.17) is 4.74 Å². The van der Waals surface area contributed by atoms with Gasteiger partial charge in [-0.2, -0.15) is 0 Å². The maximum absolute atomic E-state index is 13.1. The Balaban J connectivity index is 1.88. The van der Waals surface area contributed by atoms with E-state index in [2.05, 4.69) is 10.6 Å². The number of anilines is 1. The highest BCUT2D eigenvalue weighted by Gasteiger charge is 2.36. The highest BCUT2D eigenvalue weighted by atomic mass is 16.5. The molecule has 1 atom stereocenters.